The Kier molecular flexibility index (Phi) is 3.62. The molecule has 1 aliphatic rings. The fourth-order valence-corrected chi connectivity index (χ4v) is 2.14. The van der Waals surface area contributed by atoms with Crippen molar-refractivity contribution in [3.05, 3.63) is 35.4 Å². The van der Waals surface area contributed by atoms with Gasteiger partial charge in [0, 0.05) is 13.7 Å². The molecule has 18 heavy (non-hydrogen) atoms. The lowest BCUT2D eigenvalue weighted by Gasteiger charge is -2.22. The zero-order valence-electron chi connectivity index (χ0n) is 10.6. The molecule has 0 aliphatic carbocycles. The standard InChI is InChI=1S/C13H17N3O2/c1-9-4-3-5-10(8-9)11-12(14)15-13(17)16(11)6-7-18-2/h3-5,8,11H,6-7H2,1-2H3,(H2,14,15,17). The van der Waals surface area contributed by atoms with Crippen LogP contribution in [0.25, 0.3) is 0 Å². The van der Waals surface area contributed by atoms with Crippen molar-refractivity contribution in [2.45, 2.75) is 13.0 Å². The van der Waals surface area contributed by atoms with Gasteiger partial charge < -0.3 is 9.64 Å². The van der Waals surface area contributed by atoms with E-state index in [1.807, 2.05) is 31.2 Å². The highest BCUT2D eigenvalue weighted by atomic mass is 16.5. The molecule has 1 aromatic rings. The SMILES string of the molecule is COCCN1C(=O)NC(=N)C1c1cccc(C)c1. The number of aryl methyl sites for hydroxylation is 1. The molecule has 1 aliphatic heterocycles. The van der Waals surface area contributed by atoms with Crippen molar-refractivity contribution >= 4 is 11.9 Å². The zero-order valence-corrected chi connectivity index (χ0v) is 10.6. The quantitative estimate of drug-likeness (QED) is 0.850. The van der Waals surface area contributed by atoms with Crippen molar-refractivity contribution in [2.75, 3.05) is 20.3 Å². The molecule has 1 atom stereocenters. The number of ether oxygens (including phenoxy) is 1. The minimum atomic E-state index is -0.326. The fourth-order valence-electron chi connectivity index (χ4n) is 2.14. The number of hydrogen-bond donors (Lipinski definition) is 2. The first-order valence-corrected chi connectivity index (χ1v) is 5.85. The number of benzene rings is 1. The number of methoxy groups -OCH3 is 1. The highest BCUT2D eigenvalue weighted by molar-refractivity contribution is 6.06. The van der Waals surface area contributed by atoms with Gasteiger partial charge in [0.05, 0.1) is 6.61 Å². The third-order valence-corrected chi connectivity index (χ3v) is 2.98. The third-order valence-electron chi connectivity index (χ3n) is 2.98. The molecule has 1 unspecified atom stereocenters. The minimum absolute atomic E-state index is 0.224. The van der Waals surface area contributed by atoms with Gasteiger partial charge in [-0.2, -0.15) is 0 Å². The summed E-state index contributed by atoms with van der Waals surface area (Å²) >= 11 is 0. The molecule has 1 fully saturated rings. The van der Waals surface area contributed by atoms with E-state index in [-0.39, 0.29) is 17.9 Å². The number of rotatable bonds is 4. The number of carbonyl (C=O) groups excluding carboxylic acids is 1. The fraction of sp³-hybridized carbons (Fsp3) is 0.385. The Bertz CT molecular complexity index is 473. The molecule has 0 bridgehead atoms. The van der Waals surface area contributed by atoms with E-state index >= 15 is 0 Å². The summed E-state index contributed by atoms with van der Waals surface area (Å²) in [6.45, 7) is 2.93. The van der Waals surface area contributed by atoms with E-state index in [1.54, 1.807) is 12.0 Å². The van der Waals surface area contributed by atoms with E-state index in [9.17, 15) is 4.79 Å². The molecule has 2 rings (SSSR count). The van der Waals surface area contributed by atoms with Crippen LogP contribution in [0, 0.1) is 12.3 Å². The van der Waals surface area contributed by atoms with E-state index in [4.69, 9.17) is 10.1 Å². The number of nitrogens with zero attached hydrogens (tertiary/aromatic N) is 1. The van der Waals surface area contributed by atoms with E-state index in [1.165, 1.54) is 0 Å². The lowest BCUT2D eigenvalue weighted by Crippen LogP contribution is -2.32. The molecular weight excluding hydrogens is 230 g/mol. The van der Waals surface area contributed by atoms with E-state index < -0.39 is 0 Å². The summed E-state index contributed by atoms with van der Waals surface area (Å²) in [5.74, 6) is 0.224. The number of nitrogens with one attached hydrogen (secondary N) is 2. The number of carbonyl (C=O) groups is 1. The summed E-state index contributed by atoms with van der Waals surface area (Å²) in [6, 6.07) is 7.31. The van der Waals surface area contributed by atoms with Gasteiger partial charge in [0.1, 0.15) is 11.9 Å². The Labute approximate surface area is 106 Å². The lowest BCUT2D eigenvalue weighted by atomic mass is 10.0. The first-order valence-electron chi connectivity index (χ1n) is 5.85. The summed E-state index contributed by atoms with van der Waals surface area (Å²) < 4.78 is 5.00. The van der Waals surface area contributed by atoms with Crippen molar-refractivity contribution in [1.29, 1.82) is 5.41 Å². The molecule has 0 spiro atoms. The third kappa shape index (κ3) is 2.36. The second kappa shape index (κ2) is 5.18. The van der Waals surface area contributed by atoms with Crippen molar-refractivity contribution in [3.8, 4) is 0 Å². The van der Waals surface area contributed by atoms with Gasteiger partial charge in [-0.1, -0.05) is 29.8 Å². The maximum absolute atomic E-state index is 11.8. The molecule has 2 N–H and O–H groups in total. The van der Waals surface area contributed by atoms with E-state index in [2.05, 4.69) is 5.32 Å². The van der Waals surface area contributed by atoms with Gasteiger partial charge in [-0.15, -0.1) is 0 Å². The number of hydrogen-bond acceptors (Lipinski definition) is 3. The average Bonchev–Trinajstić information content (AvgIpc) is 2.61. The van der Waals surface area contributed by atoms with Crippen LogP contribution in [0.4, 0.5) is 4.79 Å². The predicted molar refractivity (Wildman–Crippen MR) is 68.8 cm³/mol. The van der Waals surface area contributed by atoms with Gasteiger partial charge in [0.15, 0.2) is 0 Å². The normalized spacial score (nSPS) is 19.2. The Balaban J connectivity index is 2.27. The Morgan fingerprint density at radius 2 is 2.28 bits per heavy atom. The van der Waals surface area contributed by atoms with Crippen molar-refractivity contribution in [2.24, 2.45) is 0 Å². The number of urea groups is 1. The highest BCUT2D eigenvalue weighted by Crippen LogP contribution is 2.26. The van der Waals surface area contributed by atoms with Gasteiger partial charge >= 0.3 is 6.03 Å². The smallest absolute Gasteiger partial charge is 0.323 e. The molecule has 0 radical (unpaired) electrons. The minimum Gasteiger partial charge on any atom is -0.383 e. The maximum Gasteiger partial charge on any atom is 0.323 e. The summed E-state index contributed by atoms with van der Waals surface area (Å²) in [5.41, 5.74) is 2.07. The van der Waals surface area contributed by atoms with Crippen LogP contribution in [0.2, 0.25) is 0 Å². The summed E-state index contributed by atoms with van der Waals surface area (Å²) in [7, 11) is 1.60. The summed E-state index contributed by atoms with van der Waals surface area (Å²) in [6.07, 6.45) is 0. The van der Waals surface area contributed by atoms with Gasteiger partial charge in [-0.25, -0.2) is 4.79 Å². The van der Waals surface area contributed by atoms with E-state index in [0.717, 1.165) is 11.1 Å². The second-order valence-corrected chi connectivity index (χ2v) is 4.35. The van der Waals surface area contributed by atoms with Gasteiger partial charge in [-0.05, 0) is 12.5 Å². The lowest BCUT2D eigenvalue weighted by molar-refractivity contribution is 0.151. The molecule has 1 saturated heterocycles. The van der Waals surface area contributed by atoms with Crippen molar-refractivity contribution in [1.82, 2.24) is 10.2 Å². The largest absolute Gasteiger partial charge is 0.383 e. The maximum atomic E-state index is 11.8. The Morgan fingerprint density at radius 3 is 2.94 bits per heavy atom. The summed E-state index contributed by atoms with van der Waals surface area (Å²) in [4.78, 5) is 13.4. The molecule has 5 heteroatoms. The number of amidine groups is 1. The van der Waals surface area contributed by atoms with E-state index in [0.29, 0.717) is 13.2 Å². The average molecular weight is 247 g/mol. The first kappa shape index (κ1) is 12.6. The molecule has 1 heterocycles. The van der Waals surface area contributed by atoms with Crippen LogP contribution < -0.4 is 5.32 Å². The second-order valence-electron chi connectivity index (χ2n) is 4.35. The molecule has 0 aromatic heterocycles. The van der Waals surface area contributed by atoms with Crippen LogP contribution in [0.15, 0.2) is 24.3 Å². The predicted octanol–water partition coefficient (Wildman–Crippen LogP) is 1.68. The molecule has 0 saturated carbocycles. The molecule has 96 valence electrons. The van der Waals surface area contributed by atoms with Crippen molar-refractivity contribution in [3.63, 3.8) is 0 Å². The molecule has 5 nitrogen and oxygen atoms in total. The Morgan fingerprint density at radius 1 is 1.50 bits per heavy atom. The van der Waals surface area contributed by atoms with Gasteiger partial charge in [0.25, 0.3) is 0 Å². The van der Waals surface area contributed by atoms with Gasteiger partial charge in [-0.3, -0.25) is 10.7 Å². The topological polar surface area (TPSA) is 65.4 Å². The van der Waals surface area contributed by atoms with Crippen LogP contribution in [-0.2, 0) is 4.74 Å². The zero-order chi connectivity index (χ0) is 13.1. The Hall–Kier alpha value is -1.88. The first-order chi connectivity index (χ1) is 8.63. The highest BCUT2D eigenvalue weighted by Gasteiger charge is 2.36. The van der Waals surface area contributed by atoms with Crippen LogP contribution in [0.3, 0.4) is 0 Å². The van der Waals surface area contributed by atoms with Crippen molar-refractivity contribution < 1.29 is 9.53 Å². The van der Waals surface area contributed by atoms with Crippen LogP contribution in [-0.4, -0.2) is 37.0 Å². The molecule has 1 aromatic carbocycles. The molecule has 2 amide bonds. The van der Waals surface area contributed by atoms with Gasteiger partial charge in [0.2, 0.25) is 0 Å². The van der Waals surface area contributed by atoms with Crippen LogP contribution in [0.5, 0.6) is 0 Å². The molecular formula is C13H17N3O2. The number of amides is 2. The van der Waals surface area contributed by atoms with Crippen LogP contribution in [0.1, 0.15) is 17.2 Å². The summed E-state index contributed by atoms with van der Waals surface area (Å²) in [5, 5.41) is 10.5. The van der Waals surface area contributed by atoms with Crippen LogP contribution >= 0.6 is 0 Å². The monoisotopic (exact) mass is 247 g/mol.